The Hall–Kier alpha value is -2.03. The third-order valence-corrected chi connectivity index (χ3v) is 1.42. The molecule has 6 nitrogen and oxygen atoms in total. The van der Waals surface area contributed by atoms with Gasteiger partial charge in [0.05, 0.1) is 5.69 Å². The van der Waals surface area contributed by atoms with Gasteiger partial charge in [0.25, 0.3) is 0 Å². The van der Waals surface area contributed by atoms with Gasteiger partial charge in [-0.2, -0.15) is 15.0 Å². The van der Waals surface area contributed by atoms with Crippen molar-refractivity contribution in [1.82, 2.24) is 9.78 Å². The number of aryl methyl sites for hydroxylation is 1. The molecule has 0 atom stereocenters. The van der Waals surface area contributed by atoms with Crippen LogP contribution in [-0.2, 0) is 0 Å². The molecular formula is C6H7N5O. The van der Waals surface area contributed by atoms with Crippen molar-refractivity contribution in [2.24, 2.45) is 5.73 Å². The number of hydrogen-bond donors (Lipinski definition) is 2. The van der Waals surface area contributed by atoms with Crippen molar-refractivity contribution in [3.8, 4) is 6.07 Å². The monoisotopic (exact) mass is 165 g/mol. The van der Waals surface area contributed by atoms with Gasteiger partial charge in [-0.15, -0.1) is 0 Å². The van der Waals surface area contributed by atoms with Gasteiger partial charge in [0.15, 0.2) is 5.82 Å². The lowest BCUT2D eigenvalue weighted by Crippen LogP contribution is -2.22. The minimum Gasteiger partial charge on any atom is -0.382 e. The summed E-state index contributed by atoms with van der Waals surface area (Å²) in [5, 5.41) is 12.2. The van der Waals surface area contributed by atoms with Crippen LogP contribution < -0.4 is 11.5 Å². The number of nitrogens with two attached hydrogens (primary N) is 2. The lowest BCUT2D eigenvalue weighted by atomic mass is 10.3. The first-order chi connectivity index (χ1) is 5.57. The molecule has 0 aliphatic carbocycles. The van der Waals surface area contributed by atoms with Crippen molar-refractivity contribution >= 4 is 11.8 Å². The molecule has 0 saturated heterocycles. The summed E-state index contributed by atoms with van der Waals surface area (Å²) < 4.78 is 0.799. The number of hydrogen-bond acceptors (Lipinski definition) is 4. The molecule has 0 spiro atoms. The number of nitrogen functional groups attached to an aromatic ring is 1. The summed E-state index contributed by atoms with van der Waals surface area (Å²) in [6.07, 6.45) is 0. The van der Waals surface area contributed by atoms with Gasteiger partial charge >= 0.3 is 6.03 Å². The molecule has 0 aliphatic rings. The van der Waals surface area contributed by atoms with E-state index in [0.717, 1.165) is 4.68 Å². The van der Waals surface area contributed by atoms with E-state index in [-0.39, 0.29) is 11.4 Å². The Morgan fingerprint density at radius 2 is 2.33 bits per heavy atom. The van der Waals surface area contributed by atoms with Crippen LogP contribution in [0.2, 0.25) is 0 Å². The maximum absolute atomic E-state index is 10.6. The van der Waals surface area contributed by atoms with Gasteiger partial charge in [0.2, 0.25) is 0 Å². The topological polar surface area (TPSA) is 111 Å². The van der Waals surface area contributed by atoms with E-state index in [1.807, 2.05) is 6.07 Å². The zero-order valence-electron chi connectivity index (χ0n) is 6.40. The normalized spacial score (nSPS) is 9.33. The number of anilines is 1. The summed E-state index contributed by atoms with van der Waals surface area (Å²) in [7, 11) is 0. The lowest BCUT2D eigenvalue weighted by molar-refractivity contribution is 0.248. The van der Waals surface area contributed by atoms with E-state index in [4.69, 9.17) is 16.7 Å². The first-order valence-corrected chi connectivity index (χ1v) is 3.13. The molecule has 0 radical (unpaired) electrons. The summed E-state index contributed by atoms with van der Waals surface area (Å²) in [5.74, 6) is -0.0116. The average molecular weight is 165 g/mol. The molecule has 12 heavy (non-hydrogen) atoms. The second-order valence-electron chi connectivity index (χ2n) is 2.21. The standard InChI is InChI=1S/C6H7N5O/c1-3-4(2-7)5(8)11(10-3)6(9)12/h8H2,1H3,(H2,9,12). The Labute approximate surface area is 68.4 Å². The highest BCUT2D eigenvalue weighted by molar-refractivity contribution is 5.79. The molecule has 1 aromatic heterocycles. The van der Waals surface area contributed by atoms with E-state index in [9.17, 15) is 4.79 Å². The predicted octanol–water partition coefficient (Wildman–Crippen LogP) is -0.428. The van der Waals surface area contributed by atoms with Crippen molar-refractivity contribution in [2.75, 3.05) is 5.73 Å². The molecular weight excluding hydrogens is 158 g/mol. The van der Waals surface area contributed by atoms with E-state index in [0.29, 0.717) is 5.69 Å². The molecule has 1 amide bonds. The number of nitrogens with zero attached hydrogens (tertiary/aromatic N) is 3. The molecule has 0 saturated carbocycles. The number of rotatable bonds is 0. The van der Waals surface area contributed by atoms with Crippen molar-refractivity contribution in [3.63, 3.8) is 0 Å². The van der Waals surface area contributed by atoms with Gasteiger partial charge in [-0.25, -0.2) is 4.79 Å². The van der Waals surface area contributed by atoms with E-state index >= 15 is 0 Å². The van der Waals surface area contributed by atoms with E-state index in [1.165, 1.54) is 0 Å². The predicted molar refractivity (Wildman–Crippen MR) is 41.1 cm³/mol. The van der Waals surface area contributed by atoms with Crippen molar-refractivity contribution in [3.05, 3.63) is 11.3 Å². The molecule has 4 N–H and O–H groups in total. The molecule has 62 valence electrons. The lowest BCUT2D eigenvalue weighted by Gasteiger charge is -1.94. The van der Waals surface area contributed by atoms with Crippen LogP contribution in [0, 0.1) is 18.3 Å². The molecule has 0 fully saturated rings. The van der Waals surface area contributed by atoms with Gasteiger partial charge in [-0.1, -0.05) is 0 Å². The summed E-state index contributed by atoms with van der Waals surface area (Å²) >= 11 is 0. The van der Waals surface area contributed by atoms with E-state index in [2.05, 4.69) is 5.10 Å². The smallest absolute Gasteiger partial charge is 0.341 e. The fourth-order valence-electron chi connectivity index (χ4n) is 0.851. The zero-order valence-corrected chi connectivity index (χ0v) is 6.40. The number of primary amides is 1. The summed E-state index contributed by atoms with van der Waals surface area (Å²) in [6.45, 7) is 1.58. The minimum absolute atomic E-state index is 0.0116. The van der Waals surface area contributed by atoms with Gasteiger partial charge < -0.3 is 11.5 Å². The fourth-order valence-corrected chi connectivity index (χ4v) is 0.851. The zero-order chi connectivity index (χ0) is 9.30. The van der Waals surface area contributed by atoms with Crippen LogP contribution >= 0.6 is 0 Å². The Morgan fingerprint density at radius 3 is 2.58 bits per heavy atom. The SMILES string of the molecule is Cc1nn(C(N)=O)c(N)c1C#N. The molecule has 1 heterocycles. The number of amides is 1. The first-order valence-electron chi connectivity index (χ1n) is 3.13. The third kappa shape index (κ3) is 0.971. The van der Waals surface area contributed by atoms with Gasteiger partial charge in [0, 0.05) is 0 Å². The number of carbonyl (C=O) groups is 1. The maximum atomic E-state index is 10.6. The summed E-state index contributed by atoms with van der Waals surface area (Å²) in [4.78, 5) is 10.6. The van der Waals surface area contributed by atoms with Crippen molar-refractivity contribution in [1.29, 1.82) is 5.26 Å². The van der Waals surface area contributed by atoms with Crippen LogP contribution in [0.3, 0.4) is 0 Å². The van der Waals surface area contributed by atoms with Crippen molar-refractivity contribution < 1.29 is 4.79 Å². The largest absolute Gasteiger partial charge is 0.382 e. The Morgan fingerprint density at radius 1 is 1.75 bits per heavy atom. The highest BCUT2D eigenvalue weighted by atomic mass is 16.2. The molecule has 0 unspecified atom stereocenters. The Bertz CT molecular complexity index is 372. The van der Waals surface area contributed by atoms with Crippen LogP contribution in [0.5, 0.6) is 0 Å². The third-order valence-electron chi connectivity index (χ3n) is 1.42. The number of carbonyl (C=O) groups excluding carboxylic acids is 1. The molecule has 1 aromatic rings. The van der Waals surface area contributed by atoms with Crippen molar-refractivity contribution in [2.45, 2.75) is 6.92 Å². The van der Waals surface area contributed by atoms with Crippen LogP contribution in [-0.4, -0.2) is 15.8 Å². The second-order valence-corrected chi connectivity index (χ2v) is 2.21. The highest BCUT2D eigenvalue weighted by Gasteiger charge is 2.14. The fraction of sp³-hybridized carbons (Fsp3) is 0.167. The van der Waals surface area contributed by atoms with Gasteiger partial charge in [-0.05, 0) is 6.92 Å². The quantitative estimate of drug-likeness (QED) is 0.543. The van der Waals surface area contributed by atoms with Crippen LogP contribution in [0.1, 0.15) is 11.3 Å². The first kappa shape index (κ1) is 8.07. The molecule has 0 bridgehead atoms. The molecule has 1 rings (SSSR count). The maximum Gasteiger partial charge on any atom is 0.341 e. The summed E-state index contributed by atoms with van der Waals surface area (Å²) in [6, 6.07) is 1.03. The van der Waals surface area contributed by atoms with Crippen LogP contribution in [0.4, 0.5) is 10.6 Å². The van der Waals surface area contributed by atoms with Gasteiger partial charge in [0.1, 0.15) is 11.6 Å². The Kier molecular flexibility index (Phi) is 1.71. The molecule has 6 heteroatoms. The number of nitriles is 1. The minimum atomic E-state index is -0.794. The van der Waals surface area contributed by atoms with E-state index in [1.54, 1.807) is 6.92 Å². The second kappa shape index (κ2) is 2.54. The Balaban J connectivity index is 3.39. The van der Waals surface area contributed by atoms with Crippen LogP contribution in [0.15, 0.2) is 0 Å². The number of aromatic nitrogens is 2. The van der Waals surface area contributed by atoms with E-state index < -0.39 is 6.03 Å². The molecule has 0 aliphatic heterocycles. The van der Waals surface area contributed by atoms with Gasteiger partial charge in [-0.3, -0.25) is 0 Å². The van der Waals surface area contributed by atoms with Crippen LogP contribution in [0.25, 0.3) is 0 Å². The highest BCUT2D eigenvalue weighted by Crippen LogP contribution is 2.13. The average Bonchev–Trinajstić information content (AvgIpc) is 2.27. The summed E-state index contributed by atoms with van der Waals surface area (Å²) in [5.41, 5.74) is 10.9. The molecule has 0 aromatic carbocycles.